The molecule has 3 rings (SSSR count). The van der Waals surface area contributed by atoms with E-state index < -0.39 is 10.0 Å². The van der Waals surface area contributed by atoms with Crippen molar-refractivity contribution >= 4 is 10.0 Å². The lowest BCUT2D eigenvalue weighted by molar-refractivity contribution is 0.148. The topological polar surface area (TPSA) is 58.6 Å². The lowest BCUT2D eigenvalue weighted by atomic mass is 9.75. The molecule has 1 aromatic carbocycles. The number of nitrogens with zero attached hydrogens (tertiary/aromatic N) is 1. The van der Waals surface area contributed by atoms with E-state index in [2.05, 4.69) is 33.9 Å². The highest BCUT2D eigenvalue weighted by molar-refractivity contribution is 7.89. The van der Waals surface area contributed by atoms with Crippen molar-refractivity contribution in [3.8, 4) is 0 Å². The summed E-state index contributed by atoms with van der Waals surface area (Å²) < 4.78 is 31.1. The molecule has 0 amide bonds. The van der Waals surface area contributed by atoms with Gasteiger partial charge in [0.25, 0.3) is 0 Å². The molecule has 1 N–H and O–H groups in total. The summed E-state index contributed by atoms with van der Waals surface area (Å²) in [5.41, 5.74) is 1.44. The highest BCUT2D eigenvalue weighted by Crippen LogP contribution is 2.43. The summed E-state index contributed by atoms with van der Waals surface area (Å²) in [5, 5.41) is 0. The minimum absolute atomic E-state index is 0.0864. The van der Waals surface area contributed by atoms with Crippen LogP contribution in [0.3, 0.4) is 0 Å². The zero-order valence-electron chi connectivity index (χ0n) is 13.0. The fraction of sp³-hybridized carbons (Fsp3) is 0.625. The average Bonchev–Trinajstić information content (AvgIpc) is 3.06. The SMILES string of the molecule is CNS(=O)(=O)CCCN1C[C@@H]2COC[C@]2(c2ccccc2)C1. The van der Waals surface area contributed by atoms with Gasteiger partial charge in [-0.1, -0.05) is 30.3 Å². The fourth-order valence-corrected chi connectivity index (χ4v) is 4.48. The van der Waals surface area contributed by atoms with E-state index in [-0.39, 0.29) is 11.2 Å². The number of benzene rings is 1. The molecule has 5 nitrogen and oxygen atoms in total. The molecule has 2 aliphatic rings. The Hall–Kier alpha value is -0.950. The molecule has 2 saturated heterocycles. The molecule has 0 spiro atoms. The van der Waals surface area contributed by atoms with Gasteiger partial charge in [-0.2, -0.15) is 0 Å². The second-order valence-electron chi connectivity index (χ2n) is 6.35. The van der Waals surface area contributed by atoms with Crippen LogP contribution in [0.1, 0.15) is 12.0 Å². The van der Waals surface area contributed by atoms with Crippen molar-refractivity contribution in [1.82, 2.24) is 9.62 Å². The summed E-state index contributed by atoms with van der Waals surface area (Å²) >= 11 is 0. The van der Waals surface area contributed by atoms with Gasteiger partial charge in [-0.05, 0) is 25.6 Å². The van der Waals surface area contributed by atoms with Crippen LogP contribution in [0, 0.1) is 5.92 Å². The summed E-state index contributed by atoms with van der Waals surface area (Å²) in [4.78, 5) is 2.39. The second-order valence-corrected chi connectivity index (χ2v) is 8.39. The molecule has 0 radical (unpaired) electrons. The number of likely N-dealkylation sites (tertiary alicyclic amines) is 1. The Morgan fingerprint density at radius 3 is 2.86 bits per heavy atom. The van der Waals surface area contributed by atoms with Gasteiger partial charge in [0.15, 0.2) is 0 Å². The Morgan fingerprint density at radius 2 is 2.14 bits per heavy atom. The normalized spacial score (nSPS) is 28.9. The Bertz CT molecular complexity index is 605. The predicted octanol–water partition coefficient (Wildman–Crippen LogP) is 0.826. The Balaban J connectivity index is 1.65. The maximum Gasteiger partial charge on any atom is 0.211 e. The first-order chi connectivity index (χ1) is 10.6. The van der Waals surface area contributed by atoms with Gasteiger partial charge in [0.2, 0.25) is 10.0 Å². The molecule has 2 aliphatic heterocycles. The van der Waals surface area contributed by atoms with E-state index in [9.17, 15) is 8.42 Å². The molecule has 2 heterocycles. The molecule has 6 heteroatoms. The summed E-state index contributed by atoms with van der Waals surface area (Å²) in [5.74, 6) is 0.704. The summed E-state index contributed by atoms with van der Waals surface area (Å²) in [6, 6.07) is 10.6. The number of nitrogens with one attached hydrogen (secondary N) is 1. The first-order valence-corrected chi connectivity index (χ1v) is 9.48. The summed E-state index contributed by atoms with van der Waals surface area (Å²) in [7, 11) is -1.63. The van der Waals surface area contributed by atoms with Crippen LogP contribution < -0.4 is 4.72 Å². The van der Waals surface area contributed by atoms with E-state index in [4.69, 9.17) is 4.74 Å². The molecular weight excluding hydrogens is 300 g/mol. The molecule has 22 heavy (non-hydrogen) atoms. The van der Waals surface area contributed by atoms with E-state index in [1.165, 1.54) is 12.6 Å². The van der Waals surface area contributed by atoms with Crippen molar-refractivity contribution in [2.24, 2.45) is 5.92 Å². The third-order valence-electron chi connectivity index (χ3n) is 4.99. The zero-order valence-corrected chi connectivity index (χ0v) is 13.8. The minimum atomic E-state index is -3.10. The molecule has 122 valence electrons. The number of ether oxygens (including phenoxy) is 1. The van der Waals surface area contributed by atoms with Gasteiger partial charge in [-0.25, -0.2) is 13.1 Å². The smallest absolute Gasteiger partial charge is 0.211 e. The number of hydrogen-bond acceptors (Lipinski definition) is 4. The van der Waals surface area contributed by atoms with Crippen molar-refractivity contribution in [1.29, 1.82) is 0 Å². The molecular formula is C16H24N2O3S. The third kappa shape index (κ3) is 3.06. The zero-order chi connectivity index (χ0) is 15.6. The monoisotopic (exact) mass is 324 g/mol. The second kappa shape index (κ2) is 6.28. The first-order valence-electron chi connectivity index (χ1n) is 7.83. The van der Waals surface area contributed by atoms with E-state index in [1.807, 2.05) is 6.07 Å². The van der Waals surface area contributed by atoms with Gasteiger partial charge in [0.1, 0.15) is 0 Å². The average molecular weight is 324 g/mol. The largest absolute Gasteiger partial charge is 0.380 e. The maximum absolute atomic E-state index is 11.5. The maximum atomic E-state index is 11.5. The molecule has 2 atom stereocenters. The van der Waals surface area contributed by atoms with Gasteiger partial charge in [0, 0.05) is 24.4 Å². The fourth-order valence-electron chi connectivity index (χ4n) is 3.77. The van der Waals surface area contributed by atoms with E-state index in [0.29, 0.717) is 12.3 Å². The molecule has 0 aliphatic carbocycles. The highest BCUT2D eigenvalue weighted by Gasteiger charge is 2.51. The van der Waals surface area contributed by atoms with Crippen molar-refractivity contribution in [3.63, 3.8) is 0 Å². The lowest BCUT2D eigenvalue weighted by Crippen LogP contribution is -2.36. The van der Waals surface area contributed by atoms with Crippen LogP contribution in [-0.4, -0.2) is 59.0 Å². The van der Waals surface area contributed by atoms with Gasteiger partial charge >= 0.3 is 0 Å². The number of rotatable bonds is 6. The quantitative estimate of drug-likeness (QED) is 0.842. The molecule has 0 saturated carbocycles. The van der Waals surface area contributed by atoms with Gasteiger partial charge in [-0.3, -0.25) is 0 Å². The van der Waals surface area contributed by atoms with Crippen molar-refractivity contribution in [3.05, 3.63) is 35.9 Å². The van der Waals surface area contributed by atoms with Crippen LogP contribution >= 0.6 is 0 Å². The summed E-state index contributed by atoms with van der Waals surface area (Å²) in [6.07, 6.45) is 0.668. The molecule has 0 aromatic heterocycles. The highest BCUT2D eigenvalue weighted by atomic mass is 32.2. The Kier molecular flexibility index (Phi) is 4.54. The van der Waals surface area contributed by atoms with Crippen LogP contribution in [0.15, 0.2) is 30.3 Å². The predicted molar refractivity (Wildman–Crippen MR) is 86.3 cm³/mol. The molecule has 1 aromatic rings. The van der Waals surface area contributed by atoms with Crippen LogP contribution in [0.25, 0.3) is 0 Å². The number of sulfonamides is 1. The van der Waals surface area contributed by atoms with Gasteiger partial charge in [-0.15, -0.1) is 0 Å². The van der Waals surface area contributed by atoms with E-state index in [1.54, 1.807) is 0 Å². The summed E-state index contributed by atoms with van der Waals surface area (Å²) in [6.45, 7) is 4.36. The van der Waals surface area contributed by atoms with Gasteiger partial charge in [0.05, 0.1) is 19.0 Å². The molecule has 0 bridgehead atoms. The minimum Gasteiger partial charge on any atom is -0.380 e. The number of fused-ring (bicyclic) bond motifs is 1. The standard InChI is InChI=1S/C16H24N2O3S/c1-17-22(19,20)9-5-8-18-10-15-11-21-13-16(15,12-18)14-6-3-2-4-7-14/h2-4,6-7,15,17H,5,8-13H2,1H3/t15-,16+/m1/s1. The van der Waals surface area contributed by atoms with Crippen molar-refractivity contribution in [2.45, 2.75) is 11.8 Å². The Morgan fingerprint density at radius 1 is 1.36 bits per heavy atom. The first kappa shape index (κ1) is 15.9. The van der Waals surface area contributed by atoms with Crippen LogP contribution in [0.2, 0.25) is 0 Å². The van der Waals surface area contributed by atoms with Crippen LogP contribution in [0.4, 0.5) is 0 Å². The molecule has 2 fully saturated rings. The number of hydrogen-bond donors (Lipinski definition) is 1. The van der Waals surface area contributed by atoms with Crippen molar-refractivity contribution < 1.29 is 13.2 Å². The van der Waals surface area contributed by atoms with E-state index >= 15 is 0 Å². The molecule has 0 unspecified atom stereocenters. The lowest BCUT2D eigenvalue weighted by Gasteiger charge is -2.28. The van der Waals surface area contributed by atoms with Crippen LogP contribution in [-0.2, 0) is 20.2 Å². The third-order valence-corrected chi connectivity index (χ3v) is 6.44. The van der Waals surface area contributed by atoms with Gasteiger partial charge < -0.3 is 9.64 Å². The van der Waals surface area contributed by atoms with E-state index in [0.717, 1.165) is 32.8 Å². The van der Waals surface area contributed by atoms with Crippen molar-refractivity contribution in [2.75, 3.05) is 45.6 Å². The Labute approximate surface area is 132 Å². The van der Waals surface area contributed by atoms with Crippen LogP contribution in [0.5, 0.6) is 0 Å².